The highest BCUT2D eigenvalue weighted by Crippen LogP contribution is 2.36. The number of rotatable bonds is 10. The second-order valence-electron chi connectivity index (χ2n) is 8.40. The molecular formula is C28H26F3N3O3S. The predicted molar refractivity (Wildman–Crippen MR) is 142 cm³/mol. The Hall–Kier alpha value is -3.63. The molecule has 0 fully saturated rings. The topological polar surface area (TPSA) is 73.2 Å². The van der Waals surface area contributed by atoms with Gasteiger partial charge >= 0.3 is 6.18 Å². The Labute approximate surface area is 221 Å². The van der Waals surface area contributed by atoms with Gasteiger partial charge in [0.2, 0.25) is 5.91 Å². The lowest BCUT2D eigenvalue weighted by atomic mass is 10.1. The highest BCUT2D eigenvalue weighted by Gasteiger charge is 2.31. The molecule has 3 aromatic carbocycles. The van der Waals surface area contributed by atoms with E-state index in [-0.39, 0.29) is 11.2 Å². The van der Waals surface area contributed by atoms with Gasteiger partial charge in [-0.3, -0.25) is 14.2 Å². The maximum Gasteiger partial charge on any atom is 0.416 e. The van der Waals surface area contributed by atoms with Gasteiger partial charge < -0.3 is 10.1 Å². The Kier molecular flexibility index (Phi) is 8.85. The van der Waals surface area contributed by atoms with Gasteiger partial charge in [-0.2, -0.15) is 13.2 Å². The molecule has 1 atom stereocenters. The van der Waals surface area contributed by atoms with Crippen molar-refractivity contribution in [3.8, 4) is 0 Å². The first kappa shape index (κ1) is 27.4. The van der Waals surface area contributed by atoms with Crippen molar-refractivity contribution in [1.29, 1.82) is 0 Å². The number of hydrogen-bond acceptors (Lipinski definition) is 5. The summed E-state index contributed by atoms with van der Waals surface area (Å²) in [7, 11) is 0. The minimum Gasteiger partial charge on any atom is -0.382 e. The predicted octanol–water partition coefficient (Wildman–Crippen LogP) is 6.31. The molecule has 4 aromatic rings. The van der Waals surface area contributed by atoms with E-state index in [1.165, 1.54) is 16.7 Å². The van der Waals surface area contributed by atoms with Crippen LogP contribution < -0.4 is 10.9 Å². The summed E-state index contributed by atoms with van der Waals surface area (Å²) in [5, 5.41) is 2.51. The van der Waals surface area contributed by atoms with E-state index in [2.05, 4.69) is 5.32 Å². The number of para-hydroxylation sites is 1. The van der Waals surface area contributed by atoms with Crippen LogP contribution in [0.25, 0.3) is 10.9 Å². The Morgan fingerprint density at radius 1 is 1.05 bits per heavy atom. The molecule has 6 nitrogen and oxygen atoms in total. The van der Waals surface area contributed by atoms with Crippen LogP contribution >= 0.6 is 11.8 Å². The third-order valence-corrected chi connectivity index (χ3v) is 6.97. The summed E-state index contributed by atoms with van der Waals surface area (Å²) in [4.78, 5) is 31.6. The summed E-state index contributed by atoms with van der Waals surface area (Å²) < 4.78 is 46.6. The molecule has 38 heavy (non-hydrogen) atoms. The highest BCUT2D eigenvalue weighted by atomic mass is 32.2. The number of halogens is 3. The largest absolute Gasteiger partial charge is 0.416 e. The number of carbonyl (C=O) groups excluding carboxylic acids is 1. The van der Waals surface area contributed by atoms with Crippen molar-refractivity contribution in [2.45, 2.75) is 36.5 Å². The van der Waals surface area contributed by atoms with E-state index >= 15 is 0 Å². The molecular weight excluding hydrogens is 515 g/mol. The number of amides is 1. The quantitative estimate of drug-likeness (QED) is 0.145. The summed E-state index contributed by atoms with van der Waals surface area (Å²) >= 11 is 1.08. The van der Waals surface area contributed by atoms with Crippen LogP contribution in [0, 0.1) is 0 Å². The third kappa shape index (κ3) is 6.62. The van der Waals surface area contributed by atoms with Crippen LogP contribution in [-0.2, 0) is 22.3 Å². The van der Waals surface area contributed by atoms with Gasteiger partial charge in [-0.15, -0.1) is 0 Å². The van der Waals surface area contributed by atoms with E-state index in [0.717, 1.165) is 23.9 Å². The van der Waals surface area contributed by atoms with Crippen LogP contribution in [0.5, 0.6) is 0 Å². The third-order valence-electron chi connectivity index (χ3n) is 5.72. The van der Waals surface area contributed by atoms with Crippen molar-refractivity contribution in [2.24, 2.45) is 0 Å². The van der Waals surface area contributed by atoms with E-state index < -0.39 is 22.9 Å². The van der Waals surface area contributed by atoms with Crippen molar-refractivity contribution in [3.05, 3.63) is 100 Å². The van der Waals surface area contributed by atoms with E-state index in [4.69, 9.17) is 9.72 Å². The number of benzene rings is 3. The molecule has 0 aliphatic carbocycles. The highest BCUT2D eigenvalue weighted by molar-refractivity contribution is 8.00. The number of nitrogens with one attached hydrogen (secondary N) is 1. The lowest BCUT2D eigenvalue weighted by Crippen LogP contribution is -2.26. The first-order valence-corrected chi connectivity index (χ1v) is 12.9. The van der Waals surface area contributed by atoms with Crippen LogP contribution in [0.15, 0.2) is 88.8 Å². The number of carbonyl (C=O) groups is 1. The molecule has 0 saturated carbocycles. The Balaban J connectivity index is 1.71. The SMILES string of the molecule is CCOCCCn1c(S[C@@H](C(=O)Nc2cccc(C(F)(F)F)c2)c2ccccc2)nc2ccccc2c1=O. The van der Waals surface area contributed by atoms with E-state index in [1.54, 1.807) is 54.6 Å². The number of nitrogens with zero attached hydrogens (tertiary/aromatic N) is 2. The molecule has 1 aromatic heterocycles. The lowest BCUT2D eigenvalue weighted by Gasteiger charge is -2.20. The zero-order valence-electron chi connectivity index (χ0n) is 20.6. The second kappa shape index (κ2) is 12.3. The molecule has 0 spiro atoms. The maximum atomic E-state index is 13.5. The van der Waals surface area contributed by atoms with Crippen molar-refractivity contribution in [2.75, 3.05) is 18.5 Å². The molecule has 1 N–H and O–H groups in total. The van der Waals surface area contributed by atoms with Crippen molar-refractivity contribution < 1.29 is 22.7 Å². The second-order valence-corrected chi connectivity index (χ2v) is 9.47. The number of fused-ring (bicyclic) bond motifs is 1. The molecule has 0 aliphatic rings. The monoisotopic (exact) mass is 541 g/mol. The normalized spacial score (nSPS) is 12.4. The standard InChI is InChI=1S/C28H26F3N3O3S/c1-2-37-17-9-16-34-26(36)22-14-6-7-15-23(22)33-27(34)38-24(19-10-4-3-5-11-19)25(35)32-21-13-8-12-20(18-21)28(29,30)31/h3-8,10-15,18,24H,2,9,16-17H2,1H3,(H,32,35)/t24-/m1/s1. The summed E-state index contributed by atoms with van der Waals surface area (Å²) in [6.07, 6.45) is -3.98. The average Bonchev–Trinajstić information content (AvgIpc) is 2.91. The molecule has 0 radical (unpaired) electrons. The first-order valence-electron chi connectivity index (χ1n) is 12.0. The first-order chi connectivity index (χ1) is 18.3. The number of anilines is 1. The lowest BCUT2D eigenvalue weighted by molar-refractivity contribution is -0.137. The fourth-order valence-corrected chi connectivity index (χ4v) is 5.01. The van der Waals surface area contributed by atoms with Gasteiger partial charge in [0.25, 0.3) is 5.56 Å². The van der Waals surface area contributed by atoms with Gasteiger partial charge in [0.05, 0.1) is 16.5 Å². The number of hydrogen-bond donors (Lipinski definition) is 1. The van der Waals surface area contributed by atoms with Gasteiger partial charge in [0.15, 0.2) is 5.16 Å². The molecule has 198 valence electrons. The summed E-state index contributed by atoms with van der Waals surface area (Å²) in [5.74, 6) is -0.538. The Bertz CT molecular complexity index is 1460. The van der Waals surface area contributed by atoms with Gasteiger partial charge in [-0.25, -0.2) is 4.98 Å². The Morgan fingerprint density at radius 3 is 2.53 bits per heavy atom. The molecule has 0 saturated heterocycles. The van der Waals surface area contributed by atoms with Crippen LogP contribution in [-0.4, -0.2) is 28.7 Å². The van der Waals surface area contributed by atoms with Gasteiger partial charge in [-0.05, 0) is 49.2 Å². The summed E-state index contributed by atoms with van der Waals surface area (Å²) in [6.45, 7) is 3.23. The van der Waals surface area contributed by atoms with Crippen molar-refractivity contribution >= 4 is 34.3 Å². The van der Waals surface area contributed by atoms with Crippen molar-refractivity contribution in [1.82, 2.24) is 9.55 Å². The smallest absolute Gasteiger partial charge is 0.382 e. The van der Waals surface area contributed by atoms with Crippen LogP contribution in [0.4, 0.5) is 18.9 Å². The van der Waals surface area contributed by atoms with E-state index in [0.29, 0.717) is 47.8 Å². The number of alkyl halides is 3. The molecule has 10 heteroatoms. The summed E-state index contributed by atoms with van der Waals surface area (Å²) in [5.41, 5.74) is 0.0292. The maximum absolute atomic E-state index is 13.5. The molecule has 0 bridgehead atoms. The molecule has 1 heterocycles. The molecule has 1 amide bonds. The average molecular weight is 542 g/mol. The Morgan fingerprint density at radius 2 is 1.79 bits per heavy atom. The minimum atomic E-state index is -4.54. The van der Waals surface area contributed by atoms with Gasteiger partial charge in [-0.1, -0.05) is 60.3 Å². The molecule has 0 unspecified atom stereocenters. The van der Waals surface area contributed by atoms with Gasteiger partial charge in [0, 0.05) is 25.4 Å². The van der Waals surface area contributed by atoms with Crippen LogP contribution in [0.1, 0.15) is 29.7 Å². The molecule has 0 aliphatic heterocycles. The van der Waals surface area contributed by atoms with Gasteiger partial charge in [0.1, 0.15) is 5.25 Å². The number of ether oxygens (including phenoxy) is 1. The summed E-state index contributed by atoms with van der Waals surface area (Å²) in [6, 6.07) is 20.3. The van der Waals surface area contributed by atoms with Crippen LogP contribution in [0.2, 0.25) is 0 Å². The molecule has 4 rings (SSSR count). The number of thioether (sulfide) groups is 1. The van der Waals surface area contributed by atoms with Crippen LogP contribution in [0.3, 0.4) is 0 Å². The minimum absolute atomic E-state index is 0.0203. The van der Waals surface area contributed by atoms with Crippen molar-refractivity contribution in [3.63, 3.8) is 0 Å². The zero-order valence-corrected chi connectivity index (χ0v) is 21.4. The number of aromatic nitrogens is 2. The van der Waals surface area contributed by atoms with E-state index in [9.17, 15) is 22.8 Å². The fourth-order valence-electron chi connectivity index (χ4n) is 3.89. The van der Waals surface area contributed by atoms with E-state index in [1.807, 2.05) is 6.92 Å². The fraction of sp³-hybridized carbons (Fsp3) is 0.250. The zero-order chi connectivity index (χ0) is 27.1.